The molecule has 32 heavy (non-hydrogen) atoms. The van der Waals surface area contributed by atoms with Crippen LogP contribution in [-0.4, -0.2) is 52.3 Å². The number of hydrogen-bond donors (Lipinski definition) is 1. The molecular weight excluding hydrogens is 411 g/mol. The molecule has 2 saturated heterocycles. The minimum atomic E-state index is -1.23. The lowest BCUT2D eigenvalue weighted by Crippen LogP contribution is -2.46. The number of carbonyl (C=O) groups is 3. The van der Waals surface area contributed by atoms with Gasteiger partial charge in [0.15, 0.2) is 0 Å². The van der Waals surface area contributed by atoms with E-state index in [-0.39, 0.29) is 37.6 Å². The topological polar surface area (TPSA) is 93.5 Å². The lowest BCUT2D eigenvalue weighted by Gasteiger charge is -2.22. The Labute approximate surface area is 187 Å². The van der Waals surface area contributed by atoms with Crippen molar-refractivity contribution in [2.24, 2.45) is 11.8 Å². The van der Waals surface area contributed by atoms with Crippen molar-refractivity contribution in [2.75, 3.05) is 6.54 Å². The molecule has 8 heteroatoms. The number of rotatable bonds is 5. The molecule has 3 heterocycles. The third-order valence-corrected chi connectivity index (χ3v) is 6.67. The number of benzene rings is 1. The summed E-state index contributed by atoms with van der Waals surface area (Å²) in [7, 11) is 0. The molecule has 3 aliphatic heterocycles. The van der Waals surface area contributed by atoms with Crippen LogP contribution < -0.4 is 5.32 Å². The zero-order chi connectivity index (χ0) is 23.0. The van der Waals surface area contributed by atoms with Crippen LogP contribution in [0.2, 0.25) is 0 Å². The first-order valence-electron chi connectivity index (χ1n) is 11.3. The average molecular weight is 441 g/mol. The molecule has 0 saturated carbocycles. The number of likely N-dealkylation sites (tertiary alicyclic amines) is 1. The van der Waals surface area contributed by atoms with Gasteiger partial charge in [0.2, 0.25) is 17.7 Å². The van der Waals surface area contributed by atoms with Crippen LogP contribution in [0.3, 0.4) is 0 Å². The molecule has 0 aliphatic carbocycles. The maximum absolute atomic E-state index is 13.7. The fourth-order valence-corrected chi connectivity index (χ4v) is 5.07. The summed E-state index contributed by atoms with van der Waals surface area (Å²) in [6, 6.07) is 6.53. The molecule has 7 nitrogen and oxygen atoms in total. The number of carbonyl (C=O) groups excluding carboxylic acids is 3. The van der Waals surface area contributed by atoms with Crippen LogP contribution in [0.4, 0.5) is 4.39 Å². The minimum Gasteiger partial charge on any atom is -0.344 e. The Balaban J connectivity index is 1.37. The maximum atomic E-state index is 13.7. The third-order valence-electron chi connectivity index (χ3n) is 6.67. The normalized spacial score (nSPS) is 26.9. The molecule has 1 N–H and O–H groups in total. The fourth-order valence-electron chi connectivity index (χ4n) is 5.07. The van der Waals surface area contributed by atoms with E-state index in [0.29, 0.717) is 19.0 Å². The highest BCUT2D eigenvalue weighted by atomic mass is 19.1. The summed E-state index contributed by atoms with van der Waals surface area (Å²) in [4.78, 5) is 41.2. The van der Waals surface area contributed by atoms with Crippen LogP contribution in [-0.2, 0) is 33.9 Å². The van der Waals surface area contributed by atoms with Crippen molar-refractivity contribution in [3.8, 4) is 6.07 Å². The van der Waals surface area contributed by atoms with E-state index in [0.717, 1.165) is 12.0 Å². The predicted molar refractivity (Wildman–Crippen MR) is 115 cm³/mol. The molecule has 2 fully saturated rings. The lowest BCUT2D eigenvalue weighted by atomic mass is 9.96. The van der Waals surface area contributed by atoms with Gasteiger partial charge in [-0.15, -0.1) is 0 Å². The van der Waals surface area contributed by atoms with Gasteiger partial charge in [-0.25, -0.2) is 4.39 Å². The molecule has 0 radical (unpaired) electrons. The van der Waals surface area contributed by atoms with E-state index in [4.69, 9.17) is 0 Å². The van der Waals surface area contributed by atoms with Crippen LogP contribution >= 0.6 is 0 Å². The molecule has 1 unspecified atom stereocenters. The van der Waals surface area contributed by atoms with Gasteiger partial charge in [-0.2, -0.15) is 5.26 Å². The van der Waals surface area contributed by atoms with Crippen molar-refractivity contribution in [3.63, 3.8) is 0 Å². The predicted octanol–water partition coefficient (Wildman–Crippen LogP) is 2.08. The molecule has 3 aliphatic rings. The van der Waals surface area contributed by atoms with Crippen LogP contribution in [0.15, 0.2) is 18.2 Å². The molecule has 0 spiro atoms. The van der Waals surface area contributed by atoms with Gasteiger partial charge in [0.1, 0.15) is 18.3 Å². The quantitative estimate of drug-likeness (QED) is 0.759. The Hall–Kier alpha value is -2.95. The van der Waals surface area contributed by atoms with E-state index in [9.17, 15) is 24.0 Å². The van der Waals surface area contributed by atoms with Gasteiger partial charge in [-0.05, 0) is 35.4 Å². The van der Waals surface area contributed by atoms with Gasteiger partial charge in [0.25, 0.3) is 0 Å². The van der Waals surface area contributed by atoms with Crippen molar-refractivity contribution in [1.82, 2.24) is 15.1 Å². The van der Waals surface area contributed by atoms with Crippen LogP contribution in [0.5, 0.6) is 0 Å². The SMILES string of the molecule is CC(C)Cc1cccc2c1CN(C(=O)C[C@@H]1C[C@@H](C(=O)N3CC(F)C[C@H]3C#N)NC1=O)C2. The Bertz CT molecular complexity index is 972. The van der Waals surface area contributed by atoms with E-state index in [1.54, 1.807) is 4.90 Å². The van der Waals surface area contributed by atoms with Gasteiger partial charge in [-0.1, -0.05) is 32.0 Å². The fraction of sp³-hybridized carbons (Fsp3) is 0.583. The molecule has 1 aromatic carbocycles. The Kier molecular flexibility index (Phi) is 6.18. The van der Waals surface area contributed by atoms with Gasteiger partial charge in [0, 0.05) is 31.8 Å². The molecule has 4 rings (SSSR count). The standard InChI is InChI=1S/C24H29FN4O3/c1-14(2)6-15-4-3-5-16-11-28(13-20(15)16)22(30)8-17-7-21(27-23(17)31)24(32)29-12-18(25)9-19(29)10-26/h3-5,14,17-19,21H,6-9,11-13H2,1-2H3,(H,27,31)/t17-,18?,19-,21-/m0/s1. The number of alkyl halides is 1. The lowest BCUT2D eigenvalue weighted by molar-refractivity contribution is -0.135. The monoisotopic (exact) mass is 440 g/mol. The number of halogens is 1. The van der Waals surface area contributed by atoms with Crippen molar-refractivity contribution in [2.45, 2.75) is 70.9 Å². The zero-order valence-electron chi connectivity index (χ0n) is 18.5. The second kappa shape index (κ2) is 8.89. The summed E-state index contributed by atoms with van der Waals surface area (Å²) in [5, 5.41) is 11.8. The molecular formula is C24H29FN4O3. The first-order valence-corrected chi connectivity index (χ1v) is 11.3. The van der Waals surface area contributed by atoms with Crippen LogP contribution in [0.25, 0.3) is 0 Å². The number of nitrogens with one attached hydrogen (secondary N) is 1. The summed E-state index contributed by atoms with van der Waals surface area (Å²) in [5.41, 5.74) is 3.62. The maximum Gasteiger partial charge on any atom is 0.246 e. The first kappa shape index (κ1) is 22.3. The van der Waals surface area contributed by atoms with Crippen LogP contribution in [0, 0.1) is 23.2 Å². The van der Waals surface area contributed by atoms with E-state index < -0.39 is 30.1 Å². The summed E-state index contributed by atoms with van der Waals surface area (Å²) >= 11 is 0. The van der Waals surface area contributed by atoms with E-state index in [1.807, 2.05) is 18.2 Å². The molecule has 3 amide bonds. The average Bonchev–Trinajstić information content (AvgIpc) is 3.44. The number of hydrogen-bond acceptors (Lipinski definition) is 4. The third kappa shape index (κ3) is 4.34. The number of amides is 3. The minimum absolute atomic E-state index is 0.000856. The summed E-state index contributed by atoms with van der Waals surface area (Å²) in [6.07, 6.45) is -0.0419. The smallest absolute Gasteiger partial charge is 0.246 e. The van der Waals surface area contributed by atoms with Crippen molar-refractivity contribution < 1.29 is 18.8 Å². The second-order valence-corrected chi connectivity index (χ2v) is 9.57. The van der Waals surface area contributed by atoms with Crippen molar-refractivity contribution in [1.29, 1.82) is 5.26 Å². The molecule has 4 atom stereocenters. The number of fused-ring (bicyclic) bond motifs is 1. The highest BCUT2D eigenvalue weighted by molar-refractivity contribution is 5.94. The summed E-state index contributed by atoms with van der Waals surface area (Å²) < 4.78 is 13.7. The Morgan fingerprint density at radius 2 is 2.06 bits per heavy atom. The van der Waals surface area contributed by atoms with E-state index in [1.165, 1.54) is 16.0 Å². The van der Waals surface area contributed by atoms with Crippen LogP contribution in [0.1, 0.15) is 49.8 Å². The summed E-state index contributed by atoms with van der Waals surface area (Å²) in [6.45, 7) is 5.29. The number of nitriles is 1. The van der Waals surface area contributed by atoms with Gasteiger partial charge in [-0.3, -0.25) is 14.4 Å². The Morgan fingerprint density at radius 3 is 2.78 bits per heavy atom. The van der Waals surface area contributed by atoms with E-state index >= 15 is 0 Å². The molecule has 170 valence electrons. The second-order valence-electron chi connectivity index (χ2n) is 9.57. The highest BCUT2D eigenvalue weighted by Crippen LogP contribution is 2.30. The molecule has 0 aromatic heterocycles. The van der Waals surface area contributed by atoms with Gasteiger partial charge in [0.05, 0.1) is 12.6 Å². The number of nitrogens with zero attached hydrogens (tertiary/aromatic N) is 3. The van der Waals surface area contributed by atoms with Gasteiger partial charge >= 0.3 is 0 Å². The van der Waals surface area contributed by atoms with Crippen molar-refractivity contribution >= 4 is 17.7 Å². The van der Waals surface area contributed by atoms with Crippen molar-refractivity contribution in [3.05, 3.63) is 34.9 Å². The first-order chi connectivity index (χ1) is 15.3. The summed E-state index contributed by atoms with van der Waals surface area (Å²) in [5.74, 6) is -0.957. The zero-order valence-corrected chi connectivity index (χ0v) is 18.5. The largest absolute Gasteiger partial charge is 0.344 e. The highest BCUT2D eigenvalue weighted by Gasteiger charge is 2.44. The Morgan fingerprint density at radius 1 is 1.28 bits per heavy atom. The van der Waals surface area contributed by atoms with E-state index in [2.05, 4.69) is 25.2 Å². The molecule has 1 aromatic rings. The molecule has 0 bridgehead atoms. The van der Waals surface area contributed by atoms with Gasteiger partial charge < -0.3 is 15.1 Å².